The summed E-state index contributed by atoms with van der Waals surface area (Å²) >= 11 is 0. The predicted octanol–water partition coefficient (Wildman–Crippen LogP) is 6.32. The van der Waals surface area contributed by atoms with E-state index in [0.717, 1.165) is 6.54 Å². The van der Waals surface area contributed by atoms with E-state index in [1.165, 1.54) is 22.5 Å². The Labute approximate surface area is 145 Å². The van der Waals surface area contributed by atoms with Gasteiger partial charge in [-0.05, 0) is 40.8 Å². The molecule has 0 aliphatic rings. The summed E-state index contributed by atoms with van der Waals surface area (Å²) < 4.78 is 0. The first-order valence-electron chi connectivity index (χ1n) is 8.51. The van der Waals surface area contributed by atoms with Crippen molar-refractivity contribution in [1.29, 1.82) is 0 Å². The van der Waals surface area contributed by atoms with Crippen LogP contribution < -0.4 is 4.90 Å². The van der Waals surface area contributed by atoms with Crippen LogP contribution in [0.3, 0.4) is 0 Å². The number of hydrogen-bond donors (Lipinski definition) is 0. The van der Waals surface area contributed by atoms with Crippen LogP contribution in [0.1, 0.15) is 31.9 Å². The molecule has 3 rings (SSSR count). The predicted molar refractivity (Wildman–Crippen MR) is 104 cm³/mol. The minimum absolute atomic E-state index is 0.167. The molecule has 0 saturated carbocycles. The molecule has 0 fully saturated rings. The van der Waals surface area contributed by atoms with Gasteiger partial charge in [-0.1, -0.05) is 81.4 Å². The molecule has 3 aromatic carbocycles. The molecule has 0 aliphatic heterocycles. The van der Waals surface area contributed by atoms with Crippen molar-refractivity contribution >= 4 is 11.4 Å². The van der Waals surface area contributed by atoms with Crippen molar-refractivity contribution in [3.8, 4) is 0 Å². The maximum atomic E-state index is 2.36. The molecular formula is C23H25N. The number of benzene rings is 3. The summed E-state index contributed by atoms with van der Waals surface area (Å²) in [5.74, 6) is 0. The third kappa shape index (κ3) is 3.86. The minimum atomic E-state index is 0.167. The van der Waals surface area contributed by atoms with E-state index in [2.05, 4.69) is 111 Å². The normalized spacial score (nSPS) is 11.3. The Morgan fingerprint density at radius 3 is 1.71 bits per heavy atom. The molecule has 122 valence electrons. The highest BCUT2D eigenvalue weighted by atomic mass is 15.1. The Morgan fingerprint density at radius 2 is 1.21 bits per heavy atom. The van der Waals surface area contributed by atoms with Crippen molar-refractivity contribution in [1.82, 2.24) is 0 Å². The summed E-state index contributed by atoms with van der Waals surface area (Å²) in [6.45, 7) is 7.65. The molecule has 0 amide bonds. The molecule has 0 radical (unpaired) electrons. The Bertz CT molecular complexity index is 730. The Morgan fingerprint density at radius 1 is 0.667 bits per heavy atom. The Hall–Kier alpha value is -2.54. The van der Waals surface area contributed by atoms with Crippen molar-refractivity contribution in [2.24, 2.45) is 0 Å². The topological polar surface area (TPSA) is 3.24 Å². The van der Waals surface area contributed by atoms with Crippen LogP contribution >= 0.6 is 0 Å². The van der Waals surface area contributed by atoms with Crippen LogP contribution in [0.15, 0.2) is 84.9 Å². The molecule has 0 atom stereocenters. The standard InChI is InChI=1S/C23H25N/c1-23(2,3)20-12-10-11-19(17-20)18-24(21-13-6-4-7-14-21)22-15-8-5-9-16-22/h4-17H,18H2,1-3H3. The first-order valence-corrected chi connectivity index (χ1v) is 8.51. The van der Waals surface area contributed by atoms with Gasteiger partial charge in [0.25, 0.3) is 0 Å². The molecule has 24 heavy (non-hydrogen) atoms. The fourth-order valence-electron chi connectivity index (χ4n) is 2.87. The number of rotatable bonds is 4. The zero-order valence-corrected chi connectivity index (χ0v) is 14.7. The lowest BCUT2D eigenvalue weighted by molar-refractivity contribution is 0.589. The van der Waals surface area contributed by atoms with Gasteiger partial charge in [0.15, 0.2) is 0 Å². The third-order valence-electron chi connectivity index (χ3n) is 4.27. The van der Waals surface area contributed by atoms with Gasteiger partial charge < -0.3 is 4.90 Å². The van der Waals surface area contributed by atoms with Crippen LogP contribution in [0.4, 0.5) is 11.4 Å². The average molecular weight is 315 g/mol. The summed E-state index contributed by atoms with van der Waals surface area (Å²) in [4.78, 5) is 2.36. The van der Waals surface area contributed by atoms with Crippen LogP contribution in [0.2, 0.25) is 0 Å². The molecule has 0 spiro atoms. The van der Waals surface area contributed by atoms with E-state index in [1.54, 1.807) is 0 Å². The van der Waals surface area contributed by atoms with E-state index in [4.69, 9.17) is 0 Å². The first kappa shape index (κ1) is 16.3. The van der Waals surface area contributed by atoms with E-state index in [1.807, 2.05) is 0 Å². The van der Waals surface area contributed by atoms with Crippen LogP contribution in [0, 0.1) is 0 Å². The molecule has 0 aromatic heterocycles. The smallest absolute Gasteiger partial charge is 0.0481 e. The highest BCUT2D eigenvalue weighted by molar-refractivity contribution is 5.63. The second-order valence-electron chi connectivity index (χ2n) is 7.21. The van der Waals surface area contributed by atoms with Crippen LogP contribution in [-0.2, 0) is 12.0 Å². The van der Waals surface area contributed by atoms with Gasteiger partial charge in [0, 0.05) is 17.9 Å². The number of nitrogens with zero attached hydrogens (tertiary/aromatic N) is 1. The molecule has 3 aromatic rings. The molecule has 0 bridgehead atoms. The van der Waals surface area contributed by atoms with E-state index < -0.39 is 0 Å². The van der Waals surface area contributed by atoms with Gasteiger partial charge in [0.2, 0.25) is 0 Å². The largest absolute Gasteiger partial charge is 0.337 e. The van der Waals surface area contributed by atoms with Crippen molar-refractivity contribution in [3.63, 3.8) is 0 Å². The fraction of sp³-hybridized carbons (Fsp3) is 0.217. The fourth-order valence-corrected chi connectivity index (χ4v) is 2.87. The number of hydrogen-bond acceptors (Lipinski definition) is 1. The monoisotopic (exact) mass is 315 g/mol. The second kappa shape index (κ2) is 6.92. The lowest BCUT2D eigenvalue weighted by Crippen LogP contribution is -2.17. The second-order valence-corrected chi connectivity index (χ2v) is 7.21. The first-order chi connectivity index (χ1) is 11.5. The van der Waals surface area contributed by atoms with Gasteiger partial charge in [-0.25, -0.2) is 0 Å². The lowest BCUT2D eigenvalue weighted by atomic mass is 9.86. The van der Waals surface area contributed by atoms with Crippen LogP contribution in [-0.4, -0.2) is 0 Å². The molecule has 1 heteroatoms. The van der Waals surface area contributed by atoms with Crippen molar-refractivity contribution in [2.75, 3.05) is 4.90 Å². The number of para-hydroxylation sites is 2. The van der Waals surface area contributed by atoms with E-state index in [9.17, 15) is 0 Å². The van der Waals surface area contributed by atoms with E-state index >= 15 is 0 Å². The summed E-state index contributed by atoms with van der Waals surface area (Å²) in [6, 6.07) is 30.1. The highest BCUT2D eigenvalue weighted by Gasteiger charge is 2.15. The van der Waals surface area contributed by atoms with Gasteiger partial charge in [0.1, 0.15) is 0 Å². The molecule has 0 heterocycles. The third-order valence-corrected chi connectivity index (χ3v) is 4.27. The van der Waals surface area contributed by atoms with Gasteiger partial charge in [0.05, 0.1) is 0 Å². The number of anilines is 2. The molecule has 0 saturated heterocycles. The lowest BCUT2D eigenvalue weighted by Gasteiger charge is -2.26. The van der Waals surface area contributed by atoms with Gasteiger partial charge in [-0.2, -0.15) is 0 Å². The summed E-state index contributed by atoms with van der Waals surface area (Å²) in [5, 5.41) is 0. The molecule has 0 N–H and O–H groups in total. The van der Waals surface area contributed by atoms with Crippen LogP contribution in [0.25, 0.3) is 0 Å². The van der Waals surface area contributed by atoms with Gasteiger partial charge >= 0.3 is 0 Å². The molecular weight excluding hydrogens is 290 g/mol. The maximum Gasteiger partial charge on any atom is 0.0481 e. The average Bonchev–Trinajstić information content (AvgIpc) is 2.61. The SMILES string of the molecule is CC(C)(C)c1cccc(CN(c2ccccc2)c2ccccc2)c1. The zero-order chi connectivity index (χ0) is 17.0. The van der Waals surface area contributed by atoms with Gasteiger partial charge in [-0.3, -0.25) is 0 Å². The molecule has 0 aliphatic carbocycles. The zero-order valence-electron chi connectivity index (χ0n) is 14.7. The van der Waals surface area contributed by atoms with Crippen molar-refractivity contribution in [2.45, 2.75) is 32.7 Å². The van der Waals surface area contributed by atoms with Crippen LogP contribution in [0.5, 0.6) is 0 Å². The minimum Gasteiger partial charge on any atom is -0.337 e. The van der Waals surface area contributed by atoms with E-state index in [0.29, 0.717) is 0 Å². The van der Waals surface area contributed by atoms with Gasteiger partial charge in [-0.15, -0.1) is 0 Å². The van der Waals surface area contributed by atoms with Crippen molar-refractivity contribution < 1.29 is 0 Å². The maximum absolute atomic E-state index is 2.36. The van der Waals surface area contributed by atoms with Crippen molar-refractivity contribution in [3.05, 3.63) is 96.1 Å². The van der Waals surface area contributed by atoms with E-state index in [-0.39, 0.29) is 5.41 Å². The molecule has 1 nitrogen and oxygen atoms in total. The summed E-state index contributed by atoms with van der Waals surface area (Å²) in [6.07, 6.45) is 0. The summed E-state index contributed by atoms with van der Waals surface area (Å²) in [5.41, 5.74) is 5.30. The quantitative estimate of drug-likeness (QED) is 0.544. The highest BCUT2D eigenvalue weighted by Crippen LogP contribution is 2.29. The summed E-state index contributed by atoms with van der Waals surface area (Å²) in [7, 11) is 0. The Balaban J connectivity index is 1.96. The molecule has 0 unspecified atom stereocenters. The Kier molecular flexibility index (Phi) is 4.71.